The third-order valence-corrected chi connectivity index (χ3v) is 9.43. The first-order valence-corrected chi connectivity index (χ1v) is 13.2. The van der Waals surface area contributed by atoms with E-state index in [1.54, 1.807) is 0 Å². The highest BCUT2D eigenvalue weighted by atomic mass is 32.2. The second-order valence-electron chi connectivity index (χ2n) is 10.4. The summed E-state index contributed by atoms with van der Waals surface area (Å²) in [5.74, 6) is -1.70. The molecule has 4 aliphatic heterocycles. The first-order chi connectivity index (χ1) is 16.0. The molecule has 0 radical (unpaired) electrons. The number of likely N-dealkylation sites (tertiary alicyclic amines) is 1. The summed E-state index contributed by atoms with van der Waals surface area (Å²) in [6.07, 6.45) is 2.18. The Kier molecular flexibility index (Phi) is 7.13. The number of carboxylic acids is 1. The van der Waals surface area contributed by atoms with Crippen molar-refractivity contribution >= 4 is 35.3 Å². The van der Waals surface area contributed by atoms with Gasteiger partial charge in [0.1, 0.15) is 11.5 Å². The van der Waals surface area contributed by atoms with Crippen molar-refractivity contribution < 1.29 is 24.3 Å². The zero-order valence-electron chi connectivity index (χ0n) is 20.3. The number of amides is 2. The molecular formula is C24H36N4O5S. The highest BCUT2D eigenvalue weighted by Gasteiger charge is 2.60. The van der Waals surface area contributed by atoms with E-state index in [0.29, 0.717) is 37.3 Å². The summed E-state index contributed by atoms with van der Waals surface area (Å²) in [4.78, 5) is 54.1. The predicted octanol–water partition coefficient (Wildman–Crippen LogP) is 1.18. The van der Waals surface area contributed by atoms with Crippen LogP contribution in [-0.2, 0) is 19.2 Å². The van der Waals surface area contributed by atoms with E-state index in [0.717, 1.165) is 6.42 Å². The highest BCUT2D eigenvalue weighted by Crippen LogP contribution is 2.53. The summed E-state index contributed by atoms with van der Waals surface area (Å²) in [6, 6.07) is -0.389. The minimum Gasteiger partial charge on any atom is -0.477 e. The molecule has 2 amide bonds. The van der Waals surface area contributed by atoms with Crippen molar-refractivity contribution in [3.05, 3.63) is 10.6 Å². The van der Waals surface area contributed by atoms with Crippen molar-refractivity contribution in [2.45, 2.75) is 82.8 Å². The molecule has 0 aromatic carbocycles. The molecule has 0 aromatic rings. The number of nitrogens with two attached hydrogens (primary N) is 1. The number of ketones is 1. The number of Topliss-reactive ketones (excluding diaryl/α,β-unsaturated/α-hetero) is 1. The van der Waals surface area contributed by atoms with E-state index in [4.69, 9.17) is 5.73 Å². The van der Waals surface area contributed by atoms with Gasteiger partial charge in [0.15, 0.2) is 0 Å². The number of fused-ring (bicyclic) bond motifs is 1. The molecule has 0 spiro atoms. The van der Waals surface area contributed by atoms with Gasteiger partial charge in [-0.1, -0.05) is 20.8 Å². The second kappa shape index (κ2) is 9.62. The van der Waals surface area contributed by atoms with Crippen molar-refractivity contribution in [3.63, 3.8) is 0 Å². The van der Waals surface area contributed by atoms with Gasteiger partial charge in [-0.2, -0.15) is 0 Å². The van der Waals surface area contributed by atoms with Crippen molar-refractivity contribution in [1.29, 1.82) is 0 Å². The molecule has 3 saturated heterocycles. The maximum absolute atomic E-state index is 13.0. The van der Waals surface area contributed by atoms with Crippen LogP contribution in [0.4, 0.5) is 0 Å². The smallest absolute Gasteiger partial charge is 0.353 e. The summed E-state index contributed by atoms with van der Waals surface area (Å²) < 4.78 is 0. The SMILES string of the molecule is CCC(=O)C[C@H](C)[C@H]1C(=O)N2C(C(=O)O)=C(S[C@@H]3CNC(C(=O)N4C[C@@H](N)C[C@H]4C)C3)[C@H](C)[C@H]12. The molecule has 9 nitrogen and oxygen atoms in total. The van der Waals surface area contributed by atoms with Gasteiger partial charge in [0.05, 0.1) is 18.0 Å². The Labute approximate surface area is 204 Å². The number of hydrogen-bond donors (Lipinski definition) is 3. The minimum atomic E-state index is -1.10. The minimum absolute atomic E-state index is 0.0122. The van der Waals surface area contributed by atoms with E-state index in [2.05, 4.69) is 5.32 Å². The van der Waals surface area contributed by atoms with E-state index in [-0.39, 0.29) is 70.5 Å². The lowest BCUT2D eigenvalue weighted by Crippen LogP contribution is -2.62. The Morgan fingerprint density at radius 2 is 1.97 bits per heavy atom. The maximum atomic E-state index is 13.0. The van der Waals surface area contributed by atoms with Crippen molar-refractivity contribution in [2.24, 2.45) is 23.5 Å². The molecule has 0 aliphatic carbocycles. The third-order valence-electron chi connectivity index (χ3n) is 7.92. The Morgan fingerprint density at radius 3 is 2.56 bits per heavy atom. The van der Waals surface area contributed by atoms with Crippen LogP contribution in [0.25, 0.3) is 0 Å². The van der Waals surface area contributed by atoms with Crippen molar-refractivity contribution in [2.75, 3.05) is 13.1 Å². The number of β-lactam (4-membered cyclic amide) rings is 1. The van der Waals surface area contributed by atoms with E-state index < -0.39 is 5.97 Å². The Balaban J connectivity index is 1.45. The van der Waals surface area contributed by atoms with Gasteiger partial charge >= 0.3 is 5.97 Å². The molecular weight excluding hydrogens is 456 g/mol. The number of hydrogen-bond acceptors (Lipinski definition) is 7. The molecule has 188 valence electrons. The normalized spacial score (nSPS) is 36.0. The quantitative estimate of drug-likeness (QED) is 0.430. The lowest BCUT2D eigenvalue weighted by molar-refractivity contribution is -0.160. The zero-order chi connectivity index (χ0) is 24.9. The lowest BCUT2D eigenvalue weighted by atomic mass is 9.73. The Morgan fingerprint density at radius 1 is 1.26 bits per heavy atom. The maximum Gasteiger partial charge on any atom is 0.353 e. The highest BCUT2D eigenvalue weighted by molar-refractivity contribution is 8.03. The van der Waals surface area contributed by atoms with Gasteiger partial charge in [-0.05, 0) is 25.7 Å². The van der Waals surface area contributed by atoms with Gasteiger partial charge in [0, 0.05) is 54.1 Å². The third kappa shape index (κ3) is 4.28. The fraction of sp³-hybridized carbons (Fsp3) is 0.750. The molecule has 4 aliphatic rings. The monoisotopic (exact) mass is 492 g/mol. The van der Waals surface area contributed by atoms with Crippen LogP contribution >= 0.6 is 11.8 Å². The number of carboxylic acid groups (broad SMARTS) is 1. The average Bonchev–Trinajstić information content (AvgIpc) is 3.43. The molecule has 4 rings (SSSR count). The Hall–Kier alpha value is -1.91. The number of thioether (sulfide) groups is 1. The van der Waals surface area contributed by atoms with Gasteiger partial charge in [-0.15, -0.1) is 11.8 Å². The second-order valence-corrected chi connectivity index (χ2v) is 11.7. The van der Waals surface area contributed by atoms with Gasteiger partial charge in [0.25, 0.3) is 0 Å². The molecule has 0 bridgehead atoms. The zero-order valence-corrected chi connectivity index (χ0v) is 21.1. The average molecular weight is 493 g/mol. The summed E-state index contributed by atoms with van der Waals surface area (Å²) in [7, 11) is 0. The number of carbonyl (C=O) groups is 4. The van der Waals surface area contributed by atoms with Crippen LogP contribution in [0, 0.1) is 17.8 Å². The van der Waals surface area contributed by atoms with Crippen LogP contribution in [0.3, 0.4) is 0 Å². The number of nitrogens with one attached hydrogen (secondary N) is 1. The molecule has 34 heavy (non-hydrogen) atoms. The summed E-state index contributed by atoms with van der Waals surface area (Å²) in [5, 5.41) is 13.3. The lowest BCUT2D eigenvalue weighted by Gasteiger charge is -2.47. The number of aliphatic carboxylic acids is 1. The van der Waals surface area contributed by atoms with Crippen molar-refractivity contribution in [3.8, 4) is 0 Å². The van der Waals surface area contributed by atoms with E-state index in [1.807, 2.05) is 32.6 Å². The summed E-state index contributed by atoms with van der Waals surface area (Å²) in [6.45, 7) is 8.88. The predicted molar refractivity (Wildman–Crippen MR) is 129 cm³/mol. The molecule has 0 saturated carbocycles. The number of rotatable bonds is 8. The van der Waals surface area contributed by atoms with Crippen LogP contribution in [0.2, 0.25) is 0 Å². The molecule has 8 atom stereocenters. The first kappa shape index (κ1) is 25.2. The molecule has 0 aromatic heterocycles. The fourth-order valence-electron chi connectivity index (χ4n) is 6.14. The molecule has 4 heterocycles. The summed E-state index contributed by atoms with van der Waals surface area (Å²) >= 11 is 1.49. The first-order valence-electron chi connectivity index (χ1n) is 12.3. The van der Waals surface area contributed by atoms with Crippen LogP contribution in [-0.4, -0.2) is 81.0 Å². The topological polar surface area (TPSA) is 133 Å². The standard InChI is InChI=1S/C24H36N4O5S/c1-5-15(29)6-11(2)18-19-13(4)21(20(24(32)33)28(19)23(18)31)34-16-8-17(26-9-16)22(30)27-10-14(25)7-12(27)3/h11-14,16-19,26H,5-10,25H2,1-4H3,(H,32,33)/t11-,12+,13+,14-,16-,17?,18+,19+/m0/s1. The largest absolute Gasteiger partial charge is 0.477 e. The van der Waals surface area contributed by atoms with Crippen LogP contribution < -0.4 is 11.1 Å². The van der Waals surface area contributed by atoms with Gasteiger partial charge < -0.3 is 26.0 Å². The molecule has 3 fully saturated rings. The number of nitrogens with zero attached hydrogens (tertiary/aromatic N) is 2. The van der Waals surface area contributed by atoms with Crippen LogP contribution in [0.1, 0.15) is 53.4 Å². The molecule has 1 unspecified atom stereocenters. The Bertz CT molecular complexity index is 923. The van der Waals surface area contributed by atoms with Crippen LogP contribution in [0.5, 0.6) is 0 Å². The summed E-state index contributed by atoms with van der Waals surface area (Å²) in [5.41, 5.74) is 6.10. The van der Waals surface area contributed by atoms with Crippen LogP contribution in [0.15, 0.2) is 10.6 Å². The number of carbonyl (C=O) groups excluding carboxylic acids is 3. The van der Waals surface area contributed by atoms with Gasteiger partial charge in [0.2, 0.25) is 11.8 Å². The van der Waals surface area contributed by atoms with Gasteiger partial charge in [-0.25, -0.2) is 4.79 Å². The fourth-order valence-corrected chi connectivity index (χ4v) is 7.62. The molecule has 4 N–H and O–H groups in total. The van der Waals surface area contributed by atoms with E-state index >= 15 is 0 Å². The van der Waals surface area contributed by atoms with E-state index in [9.17, 15) is 24.3 Å². The molecule has 10 heteroatoms. The van der Waals surface area contributed by atoms with Crippen molar-refractivity contribution in [1.82, 2.24) is 15.1 Å². The van der Waals surface area contributed by atoms with Gasteiger partial charge in [-0.3, -0.25) is 14.4 Å². The van der Waals surface area contributed by atoms with E-state index in [1.165, 1.54) is 16.7 Å².